The summed E-state index contributed by atoms with van der Waals surface area (Å²) in [5.74, 6) is 1.44. The van der Waals surface area contributed by atoms with Crippen molar-refractivity contribution in [3.05, 3.63) is 103 Å². The molecule has 1 saturated heterocycles. The van der Waals surface area contributed by atoms with E-state index in [1.165, 1.54) is 12.0 Å². The van der Waals surface area contributed by atoms with Crippen molar-refractivity contribution in [2.24, 2.45) is 4.99 Å². The molecule has 4 heterocycles. The number of hydrogen-bond acceptors (Lipinski definition) is 5. The molecule has 32 heavy (non-hydrogen) atoms. The van der Waals surface area contributed by atoms with Gasteiger partial charge < -0.3 is 9.80 Å². The second kappa shape index (κ2) is 8.79. The van der Waals surface area contributed by atoms with Gasteiger partial charge in [0.15, 0.2) is 0 Å². The molecule has 2 aliphatic rings. The van der Waals surface area contributed by atoms with Crippen LogP contribution in [0.5, 0.6) is 0 Å². The zero-order valence-electron chi connectivity index (χ0n) is 18.4. The van der Waals surface area contributed by atoms with Gasteiger partial charge in [-0.05, 0) is 48.7 Å². The highest BCUT2D eigenvalue weighted by molar-refractivity contribution is 5.91. The van der Waals surface area contributed by atoms with Crippen LogP contribution in [0.3, 0.4) is 0 Å². The van der Waals surface area contributed by atoms with Crippen molar-refractivity contribution in [1.82, 2.24) is 19.8 Å². The lowest BCUT2D eigenvalue weighted by molar-refractivity contribution is 0.284. The summed E-state index contributed by atoms with van der Waals surface area (Å²) in [5, 5.41) is 0. The van der Waals surface area contributed by atoms with Crippen molar-refractivity contribution in [3.8, 4) is 11.3 Å². The predicted molar refractivity (Wildman–Crippen MR) is 130 cm³/mol. The first-order valence-electron chi connectivity index (χ1n) is 11.1. The van der Waals surface area contributed by atoms with Gasteiger partial charge in [0.2, 0.25) is 5.96 Å². The van der Waals surface area contributed by atoms with E-state index in [4.69, 9.17) is 4.99 Å². The largest absolute Gasteiger partial charge is 0.342 e. The van der Waals surface area contributed by atoms with Crippen LogP contribution in [0.2, 0.25) is 0 Å². The Morgan fingerprint density at radius 2 is 1.75 bits per heavy atom. The summed E-state index contributed by atoms with van der Waals surface area (Å²) in [6.45, 7) is 6.20. The Labute approximate surface area is 189 Å². The molecule has 1 atom stereocenters. The second-order valence-electron chi connectivity index (χ2n) is 8.35. The molecule has 1 aromatic carbocycles. The lowest BCUT2D eigenvalue weighted by atomic mass is 9.90. The number of hydrogen-bond donors (Lipinski definition) is 0. The molecule has 0 saturated carbocycles. The van der Waals surface area contributed by atoms with Crippen LogP contribution in [-0.4, -0.2) is 45.9 Å². The number of guanidine groups is 1. The summed E-state index contributed by atoms with van der Waals surface area (Å²) < 4.78 is 0. The van der Waals surface area contributed by atoms with Crippen molar-refractivity contribution in [1.29, 1.82) is 0 Å². The zero-order chi connectivity index (χ0) is 21.9. The minimum absolute atomic E-state index is 0.473. The Morgan fingerprint density at radius 3 is 2.50 bits per heavy atom. The van der Waals surface area contributed by atoms with E-state index < -0.39 is 0 Å². The van der Waals surface area contributed by atoms with E-state index in [9.17, 15) is 0 Å². The van der Waals surface area contributed by atoms with Crippen molar-refractivity contribution >= 4 is 11.7 Å². The summed E-state index contributed by atoms with van der Waals surface area (Å²) in [6, 6.07) is 18.9. The topological polar surface area (TPSA) is 44.6 Å². The van der Waals surface area contributed by atoms with Gasteiger partial charge in [0.05, 0.1) is 11.4 Å². The van der Waals surface area contributed by atoms with Gasteiger partial charge in [0.1, 0.15) is 0 Å². The molecule has 160 valence electrons. The molecule has 0 bridgehead atoms. The maximum atomic E-state index is 5.02. The number of nitrogens with zero attached hydrogens (tertiary/aromatic N) is 5. The number of likely N-dealkylation sites (N-methyl/N-ethyl adjacent to an activating group) is 1. The smallest absolute Gasteiger partial charge is 0.206 e. The lowest BCUT2D eigenvalue weighted by Gasteiger charge is -2.39. The molecular weight excluding hydrogens is 394 g/mol. The zero-order valence-corrected chi connectivity index (χ0v) is 18.4. The fourth-order valence-corrected chi connectivity index (χ4v) is 4.44. The van der Waals surface area contributed by atoms with Crippen LogP contribution in [0, 0.1) is 0 Å². The second-order valence-corrected chi connectivity index (χ2v) is 8.35. The quantitative estimate of drug-likeness (QED) is 0.585. The third kappa shape index (κ3) is 4.06. The highest BCUT2D eigenvalue weighted by Crippen LogP contribution is 2.31. The Balaban J connectivity index is 1.37. The molecule has 0 radical (unpaired) electrons. The van der Waals surface area contributed by atoms with E-state index in [1.54, 1.807) is 12.4 Å². The lowest BCUT2D eigenvalue weighted by Crippen LogP contribution is -2.47. The molecule has 5 heteroatoms. The number of aromatic nitrogens is 2. The average molecular weight is 422 g/mol. The minimum atomic E-state index is 0.473. The third-order valence-electron chi connectivity index (χ3n) is 6.28. The van der Waals surface area contributed by atoms with Gasteiger partial charge in [-0.2, -0.15) is 0 Å². The van der Waals surface area contributed by atoms with Gasteiger partial charge in [0, 0.05) is 61.5 Å². The molecule has 5 nitrogen and oxygen atoms in total. The van der Waals surface area contributed by atoms with Gasteiger partial charge in [-0.1, -0.05) is 36.9 Å². The highest BCUT2D eigenvalue weighted by Gasteiger charge is 2.28. The number of aliphatic imine (C=N–C) groups is 1. The molecule has 1 fully saturated rings. The maximum Gasteiger partial charge on any atom is 0.206 e. The molecule has 0 N–H and O–H groups in total. The summed E-state index contributed by atoms with van der Waals surface area (Å²) in [6.07, 6.45) is 9.81. The molecule has 0 amide bonds. The number of piperidine rings is 1. The fraction of sp³-hybridized carbons (Fsp3) is 0.222. The Bertz CT molecular complexity index is 1150. The van der Waals surface area contributed by atoms with Gasteiger partial charge in [-0.25, -0.2) is 4.99 Å². The van der Waals surface area contributed by atoms with Crippen LogP contribution in [0.15, 0.2) is 96.5 Å². The SMILES string of the molecule is C=C1C=C(c2ccncc2)N=C(N2CCCC(c3ccc(-c4ccccn4)cc3)C2)N1C. The number of allylic oxidation sites excluding steroid dienone is 1. The highest BCUT2D eigenvalue weighted by atomic mass is 15.4. The fourth-order valence-electron chi connectivity index (χ4n) is 4.44. The molecule has 2 aromatic heterocycles. The van der Waals surface area contributed by atoms with Gasteiger partial charge in [-0.3, -0.25) is 9.97 Å². The Morgan fingerprint density at radius 1 is 0.938 bits per heavy atom. The van der Waals surface area contributed by atoms with Crippen LogP contribution in [0.25, 0.3) is 17.0 Å². The molecule has 0 spiro atoms. The Hall–Kier alpha value is -3.73. The maximum absolute atomic E-state index is 5.02. The monoisotopic (exact) mass is 421 g/mol. The Kier molecular flexibility index (Phi) is 5.55. The van der Waals surface area contributed by atoms with Crippen molar-refractivity contribution < 1.29 is 0 Å². The van der Waals surface area contributed by atoms with E-state index in [0.717, 1.165) is 53.7 Å². The summed E-state index contributed by atoms with van der Waals surface area (Å²) in [7, 11) is 2.05. The standard InChI is InChI=1S/C27H27N5/c1-20-18-26(23-12-15-28-16-13-23)30-27(31(20)2)32-17-5-6-24(19-32)21-8-10-22(11-9-21)25-7-3-4-14-29-25/h3-4,7-16,18,24H,1,5-6,17,19H2,2H3. The van der Waals surface area contributed by atoms with E-state index in [2.05, 4.69) is 56.7 Å². The third-order valence-corrected chi connectivity index (χ3v) is 6.28. The van der Waals surface area contributed by atoms with E-state index >= 15 is 0 Å². The first kappa shape index (κ1) is 20.2. The van der Waals surface area contributed by atoms with Gasteiger partial charge in [0.25, 0.3) is 0 Å². The average Bonchev–Trinajstić information content (AvgIpc) is 2.87. The van der Waals surface area contributed by atoms with E-state index in [1.807, 2.05) is 43.6 Å². The molecule has 3 aromatic rings. The van der Waals surface area contributed by atoms with Crippen LogP contribution in [0.4, 0.5) is 0 Å². The van der Waals surface area contributed by atoms with Crippen LogP contribution >= 0.6 is 0 Å². The predicted octanol–water partition coefficient (Wildman–Crippen LogP) is 5.18. The van der Waals surface area contributed by atoms with Crippen molar-refractivity contribution in [3.63, 3.8) is 0 Å². The van der Waals surface area contributed by atoms with Gasteiger partial charge in [-0.15, -0.1) is 0 Å². The first-order chi connectivity index (χ1) is 15.7. The molecule has 2 aliphatic heterocycles. The molecule has 5 rings (SSSR count). The van der Waals surface area contributed by atoms with Crippen molar-refractivity contribution in [2.45, 2.75) is 18.8 Å². The number of benzene rings is 1. The van der Waals surface area contributed by atoms with E-state index in [-0.39, 0.29) is 0 Å². The van der Waals surface area contributed by atoms with Crippen LogP contribution < -0.4 is 0 Å². The number of pyridine rings is 2. The number of likely N-dealkylation sites (tertiary alicyclic amines) is 1. The summed E-state index contributed by atoms with van der Waals surface area (Å²) >= 11 is 0. The van der Waals surface area contributed by atoms with Gasteiger partial charge >= 0.3 is 0 Å². The number of rotatable bonds is 3. The normalized spacial score (nSPS) is 18.9. The first-order valence-corrected chi connectivity index (χ1v) is 11.1. The van der Waals surface area contributed by atoms with Crippen molar-refractivity contribution in [2.75, 3.05) is 20.1 Å². The summed E-state index contributed by atoms with van der Waals surface area (Å²) in [5.41, 5.74) is 6.48. The summed E-state index contributed by atoms with van der Waals surface area (Å²) in [4.78, 5) is 18.1. The van der Waals surface area contributed by atoms with Crippen LogP contribution in [-0.2, 0) is 0 Å². The van der Waals surface area contributed by atoms with E-state index in [0.29, 0.717) is 5.92 Å². The molecule has 1 unspecified atom stereocenters. The molecular formula is C27H27N5. The molecule has 0 aliphatic carbocycles. The minimum Gasteiger partial charge on any atom is -0.342 e. The van der Waals surface area contributed by atoms with Crippen LogP contribution in [0.1, 0.15) is 29.9 Å².